The van der Waals surface area contributed by atoms with Crippen molar-refractivity contribution >= 4 is 5.97 Å². The average Bonchev–Trinajstić information content (AvgIpc) is 3.26. The van der Waals surface area contributed by atoms with Crippen molar-refractivity contribution in [3.05, 3.63) is 64.8 Å². The molecule has 2 aliphatic rings. The fraction of sp³-hybridized carbons (Fsp3) is 0.464. The summed E-state index contributed by atoms with van der Waals surface area (Å²) in [6.07, 6.45) is 0.627. The first-order valence-corrected chi connectivity index (χ1v) is 13.1. The summed E-state index contributed by atoms with van der Waals surface area (Å²) in [4.78, 5) is 11.8. The SMILES string of the molecule is COc1ccc(Cn2nnc(C(=O)O)c2OC2CCC(c3ccc(OC(F)(F)F)c(C4CCC4)c3)CC2)cc1. The maximum absolute atomic E-state index is 12.9. The maximum atomic E-state index is 12.9. The van der Waals surface area contributed by atoms with Crippen molar-refractivity contribution < 1.29 is 37.3 Å². The summed E-state index contributed by atoms with van der Waals surface area (Å²) < 4.78 is 55.9. The molecule has 1 N–H and O–H groups in total. The van der Waals surface area contributed by atoms with Crippen LogP contribution in [0.15, 0.2) is 42.5 Å². The van der Waals surface area contributed by atoms with Crippen molar-refractivity contribution in [2.45, 2.75) is 75.8 Å². The highest BCUT2D eigenvalue weighted by atomic mass is 19.4. The van der Waals surface area contributed by atoms with Crippen LogP contribution in [0.5, 0.6) is 17.4 Å². The molecule has 0 saturated heterocycles. The molecule has 0 amide bonds. The van der Waals surface area contributed by atoms with E-state index in [0.717, 1.165) is 43.2 Å². The van der Waals surface area contributed by atoms with Gasteiger partial charge in [-0.25, -0.2) is 9.48 Å². The molecule has 0 radical (unpaired) electrons. The van der Waals surface area contributed by atoms with Crippen LogP contribution in [0.25, 0.3) is 0 Å². The molecule has 0 atom stereocenters. The Balaban J connectivity index is 1.27. The number of carboxylic acid groups (broad SMARTS) is 1. The van der Waals surface area contributed by atoms with E-state index < -0.39 is 12.3 Å². The van der Waals surface area contributed by atoms with E-state index in [-0.39, 0.29) is 41.8 Å². The number of carboxylic acids is 1. The van der Waals surface area contributed by atoms with E-state index in [9.17, 15) is 23.1 Å². The number of rotatable bonds is 9. The van der Waals surface area contributed by atoms with E-state index in [1.54, 1.807) is 13.2 Å². The molecule has 0 unspecified atom stereocenters. The number of aromatic nitrogens is 3. The lowest BCUT2D eigenvalue weighted by atomic mass is 9.77. The largest absolute Gasteiger partial charge is 0.573 e. The third-order valence-electron chi connectivity index (χ3n) is 7.61. The Bertz CT molecular complexity index is 1300. The van der Waals surface area contributed by atoms with Crippen molar-refractivity contribution in [1.29, 1.82) is 0 Å². The predicted molar refractivity (Wildman–Crippen MR) is 134 cm³/mol. The quantitative estimate of drug-likeness (QED) is 0.337. The number of hydrogen-bond donors (Lipinski definition) is 1. The van der Waals surface area contributed by atoms with Gasteiger partial charge in [-0.15, -0.1) is 18.3 Å². The van der Waals surface area contributed by atoms with Crippen LogP contribution in [-0.2, 0) is 6.54 Å². The van der Waals surface area contributed by atoms with Crippen LogP contribution in [0, 0.1) is 0 Å². The first kappa shape index (κ1) is 26.8. The molecule has 1 heterocycles. The minimum absolute atomic E-state index is 0.0925. The molecular formula is C28H30F3N3O5. The fourth-order valence-corrected chi connectivity index (χ4v) is 5.31. The molecule has 8 nitrogen and oxygen atoms in total. The van der Waals surface area contributed by atoms with Crippen molar-refractivity contribution in [3.8, 4) is 17.4 Å². The Hall–Kier alpha value is -3.76. The number of aromatic carboxylic acids is 1. The van der Waals surface area contributed by atoms with Crippen molar-refractivity contribution in [2.75, 3.05) is 7.11 Å². The van der Waals surface area contributed by atoms with E-state index in [0.29, 0.717) is 24.2 Å². The number of ether oxygens (including phenoxy) is 3. The molecule has 208 valence electrons. The van der Waals surface area contributed by atoms with Crippen molar-refractivity contribution in [2.24, 2.45) is 0 Å². The zero-order valence-electron chi connectivity index (χ0n) is 21.5. The normalized spacial score (nSPS) is 19.8. The number of nitrogens with zero attached hydrogens (tertiary/aromatic N) is 3. The standard InChI is InChI=1S/C28H30F3N3O5/c1-37-21-10-5-17(6-11-21)16-34-26(25(27(35)36)32-33-34)38-22-12-7-18(8-13-22)20-9-14-24(39-28(29,30)31)23(15-20)19-3-2-4-19/h5-6,9-11,14-15,18-19,22H,2-4,7-8,12-13,16H2,1H3,(H,35,36). The molecule has 2 aromatic carbocycles. The zero-order valence-corrected chi connectivity index (χ0v) is 21.5. The van der Waals surface area contributed by atoms with Crippen LogP contribution < -0.4 is 14.2 Å². The molecule has 3 aromatic rings. The third-order valence-corrected chi connectivity index (χ3v) is 7.61. The van der Waals surface area contributed by atoms with Gasteiger partial charge in [-0.3, -0.25) is 0 Å². The predicted octanol–water partition coefficient (Wildman–Crippen LogP) is 6.30. The van der Waals surface area contributed by atoms with Crippen LogP contribution >= 0.6 is 0 Å². The molecule has 5 rings (SSSR count). The second-order valence-corrected chi connectivity index (χ2v) is 10.1. The topological polar surface area (TPSA) is 95.7 Å². The fourth-order valence-electron chi connectivity index (χ4n) is 5.31. The lowest BCUT2D eigenvalue weighted by Crippen LogP contribution is -2.25. The summed E-state index contributed by atoms with van der Waals surface area (Å²) >= 11 is 0. The van der Waals surface area contributed by atoms with Gasteiger partial charge in [-0.1, -0.05) is 35.9 Å². The second-order valence-electron chi connectivity index (χ2n) is 10.1. The molecule has 2 aliphatic carbocycles. The van der Waals surface area contributed by atoms with Crippen LogP contribution in [0.2, 0.25) is 0 Å². The van der Waals surface area contributed by atoms with E-state index in [1.807, 2.05) is 30.3 Å². The minimum atomic E-state index is -4.72. The van der Waals surface area contributed by atoms with Gasteiger partial charge in [0.2, 0.25) is 11.6 Å². The number of halogens is 3. The van der Waals surface area contributed by atoms with E-state index in [2.05, 4.69) is 15.0 Å². The summed E-state index contributed by atoms with van der Waals surface area (Å²) in [5.41, 5.74) is 2.28. The molecule has 1 aromatic heterocycles. The highest BCUT2D eigenvalue weighted by Gasteiger charge is 2.35. The Morgan fingerprint density at radius 3 is 2.33 bits per heavy atom. The van der Waals surface area contributed by atoms with Crippen molar-refractivity contribution in [3.63, 3.8) is 0 Å². The van der Waals surface area contributed by atoms with Gasteiger partial charge in [0, 0.05) is 0 Å². The number of carbonyl (C=O) groups is 1. The Morgan fingerprint density at radius 1 is 1.03 bits per heavy atom. The molecule has 2 saturated carbocycles. The first-order chi connectivity index (χ1) is 18.7. The molecular weight excluding hydrogens is 515 g/mol. The summed E-state index contributed by atoms with van der Waals surface area (Å²) in [5.74, 6) is -0.238. The average molecular weight is 546 g/mol. The van der Waals surface area contributed by atoms with Crippen LogP contribution in [0.1, 0.15) is 84.0 Å². The zero-order chi connectivity index (χ0) is 27.6. The summed E-state index contributed by atoms with van der Waals surface area (Å²) in [6, 6.07) is 12.4. The summed E-state index contributed by atoms with van der Waals surface area (Å²) in [7, 11) is 1.58. The van der Waals surface area contributed by atoms with Gasteiger partial charge in [-0.05, 0) is 85.3 Å². The summed E-state index contributed by atoms with van der Waals surface area (Å²) in [5, 5.41) is 17.5. The first-order valence-electron chi connectivity index (χ1n) is 13.1. The number of alkyl halides is 3. The summed E-state index contributed by atoms with van der Waals surface area (Å²) in [6.45, 7) is 0.283. The smallest absolute Gasteiger partial charge is 0.497 e. The molecule has 39 heavy (non-hydrogen) atoms. The van der Waals surface area contributed by atoms with Crippen molar-refractivity contribution in [1.82, 2.24) is 15.0 Å². The van der Waals surface area contributed by atoms with Gasteiger partial charge < -0.3 is 19.3 Å². The van der Waals surface area contributed by atoms with E-state index >= 15 is 0 Å². The van der Waals surface area contributed by atoms with Gasteiger partial charge in [0.05, 0.1) is 13.7 Å². The third kappa shape index (κ3) is 6.29. The van der Waals surface area contributed by atoms with E-state index in [4.69, 9.17) is 9.47 Å². The molecule has 11 heteroatoms. The molecule has 0 spiro atoms. The molecule has 0 bridgehead atoms. The monoisotopic (exact) mass is 545 g/mol. The Kier molecular flexibility index (Phi) is 7.67. The van der Waals surface area contributed by atoms with Gasteiger partial charge in [-0.2, -0.15) is 0 Å². The number of methoxy groups -OCH3 is 1. The molecule has 0 aliphatic heterocycles. The second kappa shape index (κ2) is 11.2. The highest BCUT2D eigenvalue weighted by molar-refractivity contribution is 5.87. The lowest BCUT2D eigenvalue weighted by molar-refractivity contribution is -0.275. The van der Waals surface area contributed by atoms with Gasteiger partial charge in [0.15, 0.2) is 0 Å². The maximum Gasteiger partial charge on any atom is 0.573 e. The minimum Gasteiger partial charge on any atom is -0.497 e. The van der Waals surface area contributed by atoms with Gasteiger partial charge in [0.25, 0.3) is 0 Å². The highest BCUT2D eigenvalue weighted by Crippen LogP contribution is 2.44. The number of hydrogen-bond acceptors (Lipinski definition) is 6. The number of benzene rings is 2. The Morgan fingerprint density at radius 2 is 1.74 bits per heavy atom. The lowest BCUT2D eigenvalue weighted by Gasteiger charge is -2.32. The molecule has 2 fully saturated rings. The van der Waals surface area contributed by atoms with Crippen LogP contribution in [0.4, 0.5) is 13.2 Å². The van der Waals surface area contributed by atoms with Gasteiger partial charge in [0.1, 0.15) is 17.6 Å². The van der Waals surface area contributed by atoms with Crippen LogP contribution in [0.3, 0.4) is 0 Å². The van der Waals surface area contributed by atoms with Crippen LogP contribution in [-0.4, -0.2) is 45.6 Å². The van der Waals surface area contributed by atoms with Gasteiger partial charge >= 0.3 is 12.3 Å². The Labute approximate surface area is 223 Å². The van der Waals surface area contributed by atoms with E-state index in [1.165, 1.54) is 10.7 Å².